The second-order valence-corrected chi connectivity index (χ2v) is 11.1. The van der Waals surface area contributed by atoms with E-state index in [1.54, 1.807) is 12.1 Å². The molecule has 2 saturated carbocycles. The predicted molar refractivity (Wildman–Crippen MR) is 128 cm³/mol. The first-order valence-corrected chi connectivity index (χ1v) is 12.4. The third-order valence-electron chi connectivity index (χ3n) is 8.23. The van der Waals surface area contributed by atoms with Gasteiger partial charge in [-0.3, -0.25) is 0 Å². The summed E-state index contributed by atoms with van der Waals surface area (Å²) >= 11 is 6.46. The van der Waals surface area contributed by atoms with Gasteiger partial charge < -0.3 is 29.9 Å². The third-order valence-corrected chi connectivity index (χ3v) is 8.60. The lowest BCUT2D eigenvalue weighted by Crippen LogP contribution is -2.55. The summed E-state index contributed by atoms with van der Waals surface area (Å²) in [5, 5.41) is 40.7. The van der Waals surface area contributed by atoms with Gasteiger partial charge in [0.15, 0.2) is 0 Å². The van der Waals surface area contributed by atoms with Crippen molar-refractivity contribution in [2.24, 2.45) is 17.3 Å². The molecular formula is C27H33ClO6. The minimum Gasteiger partial charge on any atom is -0.490 e. The molecule has 6 nitrogen and oxygen atoms in total. The highest BCUT2D eigenvalue weighted by atomic mass is 35.5. The van der Waals surface area contributed by atoms with Crippen molar-refractivity contribution < 1.29 is 29.9 Å². The Kier molecular flexibility index (Phi) is 6.42. The van der Waals surface area contributed by atoms with Crippen LogP contribution >= 0.6 is 11.6 Å². The van der Waals surface area contributed by atoms with Gasteiger partial charge in [-0.15, -0.1) is 0 Å². The Morgan fingerprint density at radius 2 is 1.65 bits per heavy atom. The van der Waals surface area contributed by atoms with E-state index in [0.717, 1.165) is 41.6 Å². The van der Waals surface area contributed by atoms with Crippen molar-refractivity contribution in [3.05, 3.63) is 64.2 Å². The van der Waals surface area contributed by atoms with E-state index >= 15 is 0 Å². The number of hydrogen-bond donors (Lipinski definition) is 4. The van der Waals surface area contributed by atoms with Crippen LogP contribution in [0.3, 0.4) is 0 Å². The molecule has 2 aromatic carbocycles. The molecule has 0 bridgehead atoms. The lowest BCUT2D eigenvalue weighted by atomic mass is 9.90. The Balaban J connectivity index is 1.25. The molecule has 5 rings (SSSR count). The van der Waals surface area contributed by atoms with E-state index in [2.05, 4.69) is 13.8 Å². The smallest absolute Gasteiger partial charge is 0.119 e. The van der Waals surface area contributed by atoms with Gasteiger partial charge in [-0.05, 0) is 71.4 Å². The molecule has 1 aliphatic heterocycles. The van der Waals surface area contributed by atoms with Gasteiger partial charge in [0.05, 0.1) is 12.7 Å². The number of fused-ring (bicyclic) bond motifs is 1. The van der Waals surface area contributed by atoms with Gasteiger partial charge >= 0.3 is 0 Å². The summed E-state index contributed by atoms with van der Waals surface area (Å²) in [5.41, 5.74) is 3.03. The number of hydrogen-bond acceptors (Lipinski definition) is 6. The number of halogens is 1. The zero-order chi connectivity index (χ0) is 24.2. The molecule has 184 valence electrons. The van der Waals surface area contributed by atoms with E-state index in [1.807, 2.05) is 30.3 Å². The molecule has 8 atom stereocenters. The molecule has 3 unspecified atom stereocenters. The highest BCUT2D eigenvalue weighted by molar-refractivity contribution is 6.31. The summed E-state index contributed by atoms with van der Waals surface area (Å²) in [4.78, 5) is 0. The average Bonchev–Trinajstić information content (AvgIpc) is 3.13. The molecule has 0 spiro atoms. The minimum absolute atomic E-state index is 0.304. The SMILES string of the molecule is CC1(C)C2CC(Oc3ccc(Cc4cc(C5O[C@H](CO)[C@@H](O)[C@H](O)[C@H]5O)ccc4Cl)cc3)C[C@@H]21. The summed E-state index contributed by atoms with van der Waals surface area (Å²) in [6.07, 6.45) is -2.80. The highest BCUT2D eigenvalue weighted by Crippen LogP contribution is 2.67. The highest BCUT2D eigenvalue weighted by Gasteiger charge is 2.62. The van der Waals surface area contributed by atoms with Crippen LogP contribution in [0.1, 0.15) is 49.5 Å². The molecule has 34 heavy (non-hydrogen) atoms. The Morgan fingerprint density at radius 1 is 0.971 bits per heavy atom. The summed E-state index contributed by atoms with van der Waals surface area (Å²) < 4.78 is 11.9. The summed E-state index contributed by atoms with van der Waals surface area (Å²) in [7, 11) is 0. The number of rotatable bonds is 6. The molecule has 0 aromatic heterocycles. The van der Waals surface area contributed by atoms with E-state index in [9.17, 15) is 20.4 Å². The van der Waals surface area contributed by atoms with Gasteiger partial charge in [0.2, 0.25) is 0 Å². The van der Waals surface area contributed by atoms with E-state index in [1.165, 1.54) is 0 Å². The number of benzene rings is 2. The van der Waals surface area contributed by atoms with Crippen LogP contribution in [-0.2, 0) is 11.2 Å². The van der Waals surface area contributed by atoms with Crippen molar-refractivity contribution in [3.63, 3.8) is 0 Å². The van der Waals surface area contributed by atoms with E-state index in [4.69, 9.17) is 21.1 Å². The number of aliphatic hydroxyl groups is 4. The molecule has 3 fully saturated rings. The van der Waals surface area contributed by atoms with Gasteiger partial charge in [-0.25, -0.2) is 0 Å². The van der Waals surface area contributed by atoms with E-state index in [0.29, 0.717) is 28.5 Å². The molecule has 3 aliphatic rings. The van der Waals surface area contributed by atoms with Crippen LogP contribution in [-0.4, -0.2) is 57.6 Å². The molecule has 7 heteroatoms. The first-order chi connectivity index (χ1) is 16.2. The first kappa shape index (κ1) is 24.0. The van der Waals surface area contributed by atoms with Crippen molar-refractivity contribution in [2.75, 3.05) is 6.61 Å². The molecule has 0 radical (unpaired) electrons. The molecule has 2 aromatic rings. The monoisotopic (exact) mass is 488 g/mol. The molecule has 4 N–H and O–H groups in total. The van der Waals surface area contributed by atoms with Crippen molar-refractivity contribution in [2.45, 2.75) is 69.7 Å². The molecule has 0 amide bonds. The predicted octanol–water partition coefficient (Wildman–Crippen LogP) is 3.26. The standard InChI is InChI=1S/C27H33ClO6/c1-27(2)19-11-18(12-20(19)27)33-17-6-3-14(4-7-17)9-16-10-15(5-8-21(16)28)26-25(32)24(31)23(30)22(13-29)34-26/h3-8,10,18-20,22-26,29-32H,9,11-13H2,1-2H3/t18?,19-,20?,22+,23+,24-,25+,26?/m0/s1. The van der Waals surface area contributed by atoms with Crippen LogP contribution in [0, 0.1) is 17.3 Å². The first-order valence-electron chi connectivity index (χ1n) is 12.0. The van der Waals surface area contributed by atoms with E-state index < -0.39 is 37.1 Å². The van der Waals surface area contributed by atoms with Crippen LogP contribution < -0.4 is 4.74 Å². The van der Waals surface area contributed by atoms with Crippen LogP contribution in [0.4, 0.5) is 0 Å². The van der Waals surface area contributed by atoms with Crippen molar-refractivity contribution in [1.29, 1.82) is 0 Å². The second kappa shape index (κ2) is 9.08. The van der Waals surface area contributed by atoms with Gasteiger partial charge in [0.25, 0.3) is 0 Å². The van der Waals surface area contributed by atoms with Crippen molar-refractivity contribution >= 4 is 11.6 Å². The zero-order valence-corrected chi connectivity index (χ0v) is 20.2. The minimum atomic E-state index is -1.42. The number of ether oxygens (including phenoxy) is 2. The third kappa shape index (κ3) is 4.36. The van der Waals surface area contributed by atoms with Crippen LogP contribution in [0.5, 0.6) is 5.75 Å². The van der Waals surface area contributed by atoms with Crippen LogP contribution in [0.15, 0.2) is 42.5 Å². The number of aliphatic hydroxyl groups excluding tert-OH is 4. The summed E-state index contributed by atoms with van der Waals surface area (Å²) in [6.45, 7) is 4.24. The van der Waals surface area contributed by atoms with Crippen LogP contribution in [0.25, 0.3) is 0 Å². The molecule has 1 saturated heterocycles. The molecule has 2 aliphatic carbocycles. The second-order valence-electron chi connectivity index (χ2n) is 10.7. The maximum atomic E-state index is 10.5. The lowest BCUT2D eigenvalue weighted by Gasteiger charge is -2.40. The maximum absolute atomic E-state index is 10.5. The van der Waals surface area contributed by atoms with Crippen LogP contribution in [0.2, 0.25) is 5.02 Å². The largest absolute Gasteiger partial charge is 0.490 e. The van der Waals surface area contributed by atoms with Gasteiger partial charge in [0, 0.05) is 5.02 Å². The van der Waals surface area contributed by atoms with Crippen molar-refractivity contribution in [1.82, 2.24) is 0 Å². The average molecular weight is 489 g/mol. The fraction of sp³-hybridized carbons (Fsp3) is 0.556. The molecular weight excluding hydrogens is 456 g/mol. The topological polar surface area (TPSA) is 99.4 Å². The normalized spacial score (nSPS) is 36.2. The maximum Gasteiger partial charge on any atom is 0.119 e. The Labute approximate surface area is 205 Å². The fourth-order valence-electron chi connectivity index (χ4n) is 5.93. The Hall–Kier alpha value is -1.67. The summed E-state index contributed by atoms with van der Waals surface area (Å²) in [5.74, 6) is 2.48. The van der Waals surface area contributed by atoms with E-state index in [-0.39, 0.29) is 0 Å². The lowest BCUT2D eigenvalue weighted by molar-refractivity contribution is -0.231. The zero-order valence-electron chi connectivity index (χ0n) is 19.5. The Morgan fingerprint density at radius 3 is 2.29 bits per heavy atom. The van der Waals surface area contributed by atoms with Gasteiger partial charge in [0.1, 0.15) is 36.3 Å². The van der Waals surface area contributed by atoms with Crippen molar-refractivity contribution in [3.8, 4) is 5.75 Å². The quantitative estimate of drug-likeness (QED) is 0.498. The van der Waals surface area contributed by atoms with Gasteiger partial charge in [-0.2, -0.15) is 0 Å². The van der Waals surface area contributed by atoms with Gasteiger partial charge in [-0.1, -0.05) is 49.7 Å². The molecule has 1 heterocycles. The Bertz CT molecular complexity index is 1010. The fourth-order valence-corrected chi connectivity index (χ4v) is 6.12. The summed E-state index contributed by atoms with van der Waals surface area (Å²) in [6, 6.07) is 13.4.